The summed E-state index contributed by atoms with van der Waals surface area (Å²) < 4.78 is 11.8. The van der Waals surface area contributed by atoms with E-state index >= 15 is 0 Å². The number of aromatic nitrogens is 1. The third-order valence-corrected chi connectivity index (χ3v) is 6.69. The van der Waals surface area contributed by atoms with Gasteiger partial charge in [-0.3, -0.25) is 14.6 Å². The van der Waals surface area contributed by atoms with Gasteiger partial charge < -0.3 is 19.5 Å². The number of carbonyl (C=O) groups excluding carboxylic acids is 2. The Hall–Kier alpha value is -4.91. The number of ketones is 1. The number of ether oxygens (including phenoxy) is 2. The van der Waals surface area contributed by atoms with Crippen molar-refractivity contribution in [2.24, 2.45) is 0 Å². The number of nitrogens with zero attached hydrogens (tertiary/aromatic N) is 2. The fraction of sp³-hybridized carbons (Fsp3) is 0.182. The maximum atomic E-state index is 13.4. The largest absolute Gasteiger partial charge is 0.507 e. The molecule has 1 atom stereocenters. The van der Waals surface area contributed by atoms with Gasteiger partial charge in [-0.1, -0.05) is 43.7 Å². The molecule has 3 aromatic carbocycles. The normalized spacial score (nSPS) is 16.2. The van der Waals surface area contributed by atoms with Crippen LogP contribution in [0, 0.1) is 0 Å². The Morgan fingerprint density at radius 3 is 2.33 bits per heavy atom. The summed E-state index contributed by atoms with van der Waals surface area (Å²) in [5.41, 5.74) is 1.90. The van der Waals surface area contributed by atoms with Gasteiger partial charge in [0.1, 0.15) is 23.0 Å². The third kappa shape index (κ3) is 5.89. The zero-order valence-electron chi connectivity index (χ0n) is 22.2. The van der Waals surface area contributed by atoms with E-state index in [1.54, 1.807) is 54.9 Å². The van der Waals surface area contributed by atoms with Crippen molar-refractivity contribution in [2.45, 2.75) is 32.4 Å². The summed E-state index contributed by atoms with van der Waals surface area (Å²) in [4.78, 5) is 32.4. The van der Waals surface area contributed by atoms with Gasteiger partial charge in [0.05, 0.1) is 18.2 Å². The minimum absolute atomic E-state index is 0.0237. The van der Waals surface area contributed by atoms with E-state index in [-0.39, 0.29) is 17.9 Å². The van der Waals surface area contributed by atoms with Crippen molar-refractivity contribution in [2.75, 3.05) is 6.61 Å². The minimum Gasteiger partial charge on any atom is -0.507 e. The predicted octanol–water partition coefficient (Wildman–Crippen LogP) is 6.67. The monoisotopic (exact) mass is 534 g/mol. The van der Waals surface area contributed by atoms with Crippen LogP contribution in [0.15, 0.2) is 109 Å². The molecule has 1 aliphatic heterocycles. The second-order valence-electron chi connectivity index (χ2n) is 9.50. The molecule has 0 aliphatic carbocycles. The first-order chi connectivity index (χ1) is 19.5. The number of rotatable bonds is 10. The van der Waals surface area contributed by atoms with Crippen LogP contribution in [-0.4, -0.2) is 33.3 Å². The molecule has 1 aromatic heterocycles. The Morgan fingerprint density at radius 2 is 1.60 bits per heavy atom. The second-order valence-corrected chi connectivity index (χ2v) is 9.50. The average Bonchev–Trinajstić information content (AvgIpc) is 3.23. The standard InChI is InChI=1S/C33H30N2O5/c1-2-3-20-39-26-14-12-24(13-15-26)31(36)29-30(35(33(38)32(29)37)22-23-16-18-34-19-17-23)25-8-7-11-28(21-25)40-27-9-5-4-6-10-27/h4-19,21,30,36H,2-3,20,22H2,1H3. The quantitative estimate of drug-likeness (QED) is 0.106. The fourth-order valence-corrected chi connectivity index (χ4v) is 4.65. The molecule has 5 rings (SSSR count). The Kier molecular flexibility index (Phi) is 8.21. The molecule has 0 bridgehead atoms. The van der Waals surface area contributed by atoms with E-state index in [4.69, 9.17) is 9.47 Å². The summed E-state index contributed by atoms with van der Waals surface area (Å²) in [6, 6.07) is 26.2. The van der Waals surface area contributed by atoms with E-state index in [2.05, 4.69) is 11.9 Å². The summed E-state index contributed by atoms with van der Waals surface area (Å²) in [5.74, 6) is 0.213. The number of benzene rings is 3. The van der Waals surface area contributed by atoms with Crippen LogP contribution < -0.4 is 9.47 Å². The lowest BCUT2D eigenvalue weighted by atomic mass is 9.95. The molecule has 0 radical (unpaired) electrons. The molecule has 0 spiro atoms. The lowest BCUT2D eigenvalue weighted by Gasteiger charge is -2.25. The van der Waals surface area contributed by atoms with Gasteiger partial charge in [-0.15, -0.1) is 0 Å². The van der Waals surface area contributed by atoms with Crippen molar-refractivity contribution >= 4 is 17.4 Å². The van der Waals surface area contributed by atoms with Crippen molar-refractivity contribution < 1.29 is 24.2 Å². The molecule has 2 heterocycles. The van der Waals surface area contributed by atoms with Crippen molar-refractivity contribution in [3.8, 4) is 17.2 Å². The number of hydrogen-bond donors (Lipinski definition) is 1. The van der Waals surface area contributed by atoms with Crippen molar-refractivity contribution in [1.29, 1.82) is 0 Å². The molecule has 7 heteroatoms. The minimum atomic E-state index is -0.826. The fourth-order valence-electron chi connectivity index (χ4n) is 4.65. The lowest BCUT2D eigenvalue weighted by molar-refractivity contribution is -0.140. The smallest absolute Gasteiger partial charge is 0.295 e. The van der Waals surface area contributed by atoms with Crippen molar-refractivity contribution in [3.05, 3.63) is 126 Å². The number of Topliss-reactive ketones (excluding diaryl/α,β-unsaturated/α-hetero) is 1. The molecular weight excluding hydrogens is 504 g/mol. The van der Waals surface area contributed by atoms with Gasteiger partial charge in [-0.2, -0.15) is 0 Å². The molecule has 1 amide bonds. The molecule has 1 N–H and O–H groups in total. The molecule has 0 saturated carbocycles. The maximum absolute atomic E-state index is 13.4. The number of likely N-dealkylation sites (tertiary alicyclic amines) is 1. The van der Waals surface area contributed by atoms with Gasteiger partial charge in [0.2, 0.25) is 0 Å². The number of amides is 1. The van der Waals surface area contributed by atoms with Gasteiger partial charge >= 0.3 is 0 Å². The van der Waals surface area contributed by atoms with E-state index in [1.165, 1.54) is 4.90 Å². The molecule has 1 aliphatic rings. The topological polar surface area (TPSA) is 89.0 Å². The van der Waals surface area contributed by atoms with Crippen LogP contribution in [0.3, 0.4) is 0 Å². The first-order valence-electron chi connectivity index (χ1n) is 13.3. The van der Waals surface area contributed by atoms with E-state index in [9.17, 15) is 14.7 Å². The highest BCUT2D eigenvalue weighted by Crippen LogP contribution is 2.41. The van der Waals surface area contributed by atoms with E-state index in [0.717, 1.165) is 18.4 Å². The summed E-state index contributed by atoms with van der Waals surface area (Å²) in [6.45, 7) is 2.86. The Morgan fingerprint density at radius 1 is 0.875 bits per heavy atom. The van der Waals surface area contributed by atoms with Gasteiger partial charge in [-0.25, -0.2) is 0 Å². The summed E-state index contributed by atoms with van der Waals surface area (Å²) in [6.07, 6.45) is 5.24. The number of hydrogen-bond acceptors (Lipinski definition) is 6. The maximum Gasteiger partial charge on any atom is 0.295 e. The second kappa shape index (κ2) is 12.3. The van der Waals surface area contributed by atoms with Gasteiger partial charge in [0.15, 0.2) is 0 Å². The Bertz CT molecular complexity index is 1500. The first kappa shape index (κ1) is 26.7. The summed E-state index contributed by atoms with van der Waals surface area (Å²) in [5, 5.41) is 11.4. The van der Waals surface area contributed by atoms with Crippen molar-refractivity contribution in [3.63, 3.8) is 0 Å². The molecule has 1 fully saturated rings. The molecule has 1 saturated heterocycles. The average molecular weight is 535 g/mol. The van der Waals surface area contributed by atoms with Crippen LogP contribution in [0.25, 0.3) is 5.76 Å². The summed E-state index contributed by atoms with van der Waals surface area (Å²) >= 11 is 0. The lowest BCUT2D eigenvalue weighted by Crippen LogP contribution is -2.29. The van der Waals surface area contributed by atoms with Crippen LogP contribution >= 0.6 is 0 Å². The Balaban J connectivity index is 1.54. The molecule has 202 valence electrons. The number of pyridine rings is 1. The van der Waals surface area contributed by atoms with E-state index < -0.39 is 17.7 Å². The van der Waals surface area contributed by atoms with Gasteiger partial charge in [-0.05, 0) is 78.2 Å². The molecule has 4 aromatic rings. The predicted molar refractivity (Wildman–Crippen MR) is 152 cm³/mol. The number of aliphatic hydroxyl groups excluding tert-OH is 1. The number of unbranched alkanes of at least 4 members (excludes halogenated alkanes) is 1. The highest BCUT2D eigenvalue weighted by molar-refractivity contribution is 6.46. The molecule has 7 nitrogen and oxygen atoms in total. The van der Waals surface area contributed by atoms with Gasteiger partial charge in [0, 0.05) is 24.5 Å². The SMILES string of the molecule is CCCCOc1ccc(C(O)=C2C(=O)C(=O)N(Cc3ccncc3)C2c2cccc(Oc3ccccc3)c2)cc1. The third-order valence-electron chi connectivity index (χ3n) is 6.69. The van der Waals surface area contributed by atoms with Crippen LogP contribution in [0.2, 0.25) is 0 Å². The first-order valence-corrected chi connectivity index (χ1v) is 13.3. The zero-order valence-corrected chi connectivity index (χ0v) is 22.2. The van der Waals surface area contributed by atoms with Crippen molar-refractivity contribution in [1.82, 2.24) is 9.88 Å². The number of para-hydroxylation sites is 1. The van der Waals surface area contributed by atoms with Crippen LogP contribution in [0.5, 0.6) is 17.2 Å². The molecular formula is C33H30N2O5. The molecule has 1 unspecified atom stereocenters. The zero-order chi connectivity index (χ0) is 27.9. The van der Waals surface area contributed by atoms with Crippen LogP contribution in [0.4, 0.5) is 0 Å². The Labute approximate surface area is 233 Å². The molecule has 40 heavy (non-hydrogen) atoms. The van der Waals surface area contributed by atoms with Crippen LogP contribution in [0.1, 0.15) is 42.5 Å². The highest BCUT2D eigenvalue weighted by Gasteiger charge is 2.46. The van der Waals surface area contributed by atoms with Gasteiger partial charge in [0.25, 0.3) is 11.7 Å². The number of carbonyl (C=O) groups is 2. The van der Waals surface area contributed by atoms with Crippen LogP contribution in [-0.2, 0) is 16.1 Å². The number of aliphatic hydroxyl groups is 1. The summed E-state index contributed by atoms with van der Waals surface area (Å²) in [7, 11) is 0. The van der Waals surface area contributed by atoms with E-state index in [1.807, 2.05) is 48.5 Å². The highest BCUT2D eigenvalue weighted by atomic mass is 16.5. The van der Waals surface area contributed by atoms with E-state index in [0.29, 0.717) is 35.0 Å².